The fourth-order valence-electron chi connectivity index (χ4n) is 3.91. The number of carbonyl (C=O) groups is 1. The number of benzene rings is 3. The fourth-order valence-corrected chi connectivity index (χ4v) is 4.48. The van der Waals surface area contributed by atoms with Crippen LogP contribution in [-0.2, 0) is 10.0 Å². The van der Waals surface area contributed by atoms with Crippen LogP contribution in [-0.4, -0.2) is 27.8 Å². The number of hydrogen-bond acceptors (Lipinski definition) is 6. The van der Waals surface area contributed by atoms with E-state index < -0.39 is 16.1 Å². The molecule has 10 heteroatoms. The quantitative estimate of drug-likeness (QED) is 0.316. The summed E-state index contributed by atoms with van der Waals surface area (Å²) >= 11 is 0. The van der Waals surface area contributed by atoms with Crippen molar-refractivity contribution in [1.82, 2.24) is 5.32 Å². The van der Waals surface area contributed by atoms with Crippen LogP contribution in [0.3, 0.4) is 0 Å². The van der Waals surface area contributed by atoms with Crippen LogP contribution in [0.4, 0.5) is 14.9 Å². The first-order chi connectivity index (χ1) is 17.2. The SMILES string of the molecule is CNC(=O)Oc1c(-c2ccc(Oc3ccc(F)cc3)cc2)oc2cc(NS(C)(=O)=O)c(C3CC3)cc12. The number of hydrogen-bond donors (Lipinski definition) is 2. The number of halogens is 1. The molecule has 8 nitrogen and oxygen atoms in total. The monoisotopic (exact) mass is 510 g/mol. The Morgan fingerprint density at radius 1 is 1.03 bits per heavy atom. The summed E-state index contributed by atoms with van der Waals surface area (Å²) in [5.74, 6) is 1.39. The lowest BCUT2D eigenvalue weighted by Crippen LogP contribution is -2.22. The van der Waals surface area contributed by atoms with Gasteiger partial charge in [-0.1, -0.05) is 0 Å². The van der Waals surface area contributed by atoms with E-state index >= 15 is 0 Å². The van der Waals surface area contributed by atoms with Crippen molar-refractivity contribution in [3.8, 4) is 28.6 Å². The maximum absolute atomic E-state index is 13.1. The Labute approximate surface area is 207 Å². The highest BCUT2D eigenvalue weighted by Crippen LogP contribution is 2.48. The van der Waals surface area contributed by atoms with Gasteiger partial charge in [-0.15, -0.1) is 0 Å². The normalized spacial score (nSPS) is 13.4. The van der Waals surface area contributed by atoms with Gasteiger partial charge in [-0.25, -0.2) is 17.6 Å². The van der Waals surface area contributed by atoms with Crippen molar-refractivity contribution >= 4 is 32.8 Å². The molecule has 0 bridgehead atoms. The van der Waals surface area contributed by atoms with E-state index in [9.17, 15) is 17.6 Å². The van der Waals surface area contributed by atoms with Crippen molar-refractivity contribution < 1.29 is 31.5 Å². The topological polar surface area (TPSA) is 107 Å². The molecule has 1 aliphatic rings. The van der Waals surface area contributed by atoms with Crippen LogP contribution in [0.1, 0.15) is 24.3 Å². The van der Waals surface area contributed by atoms with Gasteiger partial charge in [0, 0.05) is 18.7 Å². The number of anilines is 1. The lowest BCUT2D eigenvalue weighted by molar-refractivity contribution is 0.203. The molecule has 1 heterocycles. The van der Waals surface area contributed by atoms with Gasteiger partial charge in [0.1, 0.15) is 22.9 Å². The summed E-state index contributed by atoms with van der Waals surface area (Å²) in [5, 5.41) is 2.99. The number of carbonyl (C=O) groups excluding carboxylic acids is 1. The van der Waals surface area contributed by atoms with Gasteiger partial charge in [0.25, 0.3) is 0 Å². The average Bonchev–Trinajstić information content (AvgIpc) is 3.62. The second kappa shape index (κ2) is 9.19. The predicted octanol–water partition coefficient (Wildman–Crippen LogP) is 6.00. The zero-order chi connectivity index (χ0) is 25.4. The minimum absolute atomic E-state index is 0.216. The van der Waals surface area contributed by atoms with Crippen LogP contribution < -0.4 is 19.5 Å². The average molecular weight is 511 g/mol. The molecule has 4 aromatic rings. The summed E-state index contributed by atoms with van der Waals surface area (Å²) in [7, 11) is -2.05. The third-order valence-electron chi connectivity index (χ3n) is 5.69. The van der Waals surface area contributed by atoms with E-state index in [1.54, 1.807) is 30.3 Å². The smallest absolute Gasteiger partial charge is 0.412 e. The highest BCUT2D eigenvalue weighted by Gasteiger charge is 2.30. The van der Waals surface area contributed by atoms with Gasteiger partial charge in [0.2, 0.25) is 10.0 Å². The highest BCUT2D eigenvalue weighted by atomic mass is 32.2. The zero-order valence-electron chi connectivity index (χ0n) is 19.5. The van der Waals surface area contributed by atoms with E-state index in [0.717, 1.165) is 24.7 Å². The third kappa shape index (κ3) is 5.13. The number of amides is 1. The van der Waals surface area contributed by atoms with Crippen LogP contribution in [0.25, 0.3) is 22.3 Å². The molecule has 1 saturated carbocycles. The molecule has 0 aliphatic heterocycles. The molecule has 1 fully saturated rings. The van der Waals surface area contributed by atoms with Gasteiger partial charge in [-0.2, -0.15) is 0 Å². The van der Waals surface area contributed by atoms with E-state index in [4.69, 9.17) is 13.9 Å². The molecule has 0 radical (unpaired) electrons. The summed E-state index contributed by atoms with van der Waals surface area (Å²) in [5.41, 5.74) is 2.25. The van der Waals surface area contributed by atoms with E-state index in [-0.39, 0.29) is 17.5 Å². The third-order valence-corrected chi connectivity index (χ3v) is 6.28. The van der Waals surface area contributed by atoms with Gasteiger partial charge in [-0.05, 0) is 78.9 Å². The first kappa shape index (κ1) is 23.7. The number of furan rings is 1. The standard InChI is InChI=1S/C26H23FN2O6S/c1-28-26(30)35-25-21-13-20(15-3-4-15)22(29-36(2,31)32)14-23(21)34-24(25)16-5-9-18(10-6-16)33-19-11-7-17(27)8-12-19/h5-15,29H,3-4H2,1-2H3,(H,28,30). The zero-order valence-corrected chi connectivity index (χ0v) is 20.3. The van der Waals surface area contributed by atoms with Crippen molar-refractivity contribution in [3.63, 3.8) is 0 Å². The largest absolute Gasteiger partial charge is 0.457 e. The molecule has 36 heavy (non-hydrogen) atoms. The lowest BCUT2D eigenvalue weighted by Gasteiger charge is -2.10. The van der Waals surface area contributed by atoms with Crippen LogP contribution in [0.15, 0.2) is 65.1 Å². The van der Waals surface area contributed by atoms with Crippen LogP contribution in [0.5, 0.6) is 17.2 Å². The maximum Gasteiger partial charge on any atom is 0.412 e. The number of rotatable bonds is 7. The molecule has 5 rings (SSSR count). The van der Waals surface area contributed by atoms with Crippen molar-refractivity contribution in [2.75, 3.05) is 18.0 Å². The molecule has 0 saturated heterocycles. The fraction of sp³-hybridized carbons (Fsp3) is 0.192. The summed E-state index contributed by atoms with van der Waals surface area (Å²) in [6.07, 6.45) is 2.31. The van der Waals surface area contributed by atoms with Crippen molar-refractivity contribution in [2.24, 2.45) is 0 Å². The molecule has 186 valence electrons. The molecular formula is C26H23FN2O6S. The first-order valence-electron chi connectivity index (χ1n) is 11.2. The molecule has 0 unspecified atom stereocenters. The molecule has 0 atom stereocenters. The maximum atomic E-state index is 13.1. The second-order valence-corrected chi connectivity index (χ2v) is 10.3. The first-order valence-corrected chi connectivity index (χ1v) is 13.1. The van der Waals surface area contributed by atoms with E-state index in [1.807, 2.05) is 6.07 Å². The molecule has 1 amide bonds. The summed E-state index contributed by atoms with van der Waals surface area (Å²) in [6, 6.07) is 16.0. The van der Waals surface area contributed by atoms with Gasteiger partial charge in [0.15, 0.2) is 11.5 Å². The van der Waals surface area contributed by atoms with Crippen LogP contribution in [0.2, 0.25) is 0 Å². The Bertz CT molecular complexity index is 1540. The minimum Gasteiger partial charge on any atom is -0.457 e. The summed E-state index contributed by atoms with van der Waals surface area (Å²) in [6.45, 7) is 0. The van der Waals surface area contributed by atoms with Gasteiger partial charge < -0.3 is 19.2 Å². The van der Waals surface area contributed by atoms with Crippen LogP contribution in [0, 0.1) is 5.82 Å². The van der Waals surface area contributed by atoms with Gasteiger partial charge in [-0.3, -0.25) is 4.72 Å². The number of fused-ring (bicyclic) bond motifs is 1. The second-order valence-electron chi connectivity index (χ2n) is 8.56. The summed E-state index contributed by atoms with van der Waals surface area (Å²) < 4.78 is 57.0. The van der Waals surface area contributed by atoms with Crippen molar-refractivity contribution in [3.05, 3.63) is 72.0 Å². The molecule has 0 spiro atoms. The molecule has 3 aromatic carbocycles. The molecule has 2 N–H and O–H groups in total. The minimum atomic E-state index is -3.51. The molecular weight excluding hydrogens is 487 g/mol. The van der Waals surface area contributed by atoms with Crippen molar-refractivity contribution in [2.45, 2.75) is 18.8 Å². The number of ether oxygens (including phenoxy) is 2. The Hall–Kier alpha value is -4.05. The van der Waals surface area contributed by atoms with Gasteiger partial charge in [0.05, 0.1) is 17.3 Å². The number of sulfonamides is 1. The Kier molecular flexibility index (Phi) is 6.05. The Morgan fingerprint density at radius 3 is 2.25 bits per heavy atom. The van der Waals surface area contributed by atoms with E-state index in [0.29, 0.717) is 39.5 Å². The lowest BCUT2D eigenvalue weighted by atomic mass is 10.0. The molecule has 1 aliphatic carbocycles. The Morgan fingerprint density at radius 2 is 1.67 bits per heavy atom. The molecule has 1 aromatic heterocycles. The van der Waals surface area contributed by atoms with E-state index in [2.05, 4.69) is 10.0 Å². The summed E-state index contributed by atoms with van der Waals surface area (Å²) in [4.78, 5) is 12.2. The predicted molar refractivity (Wildman–Crippen MR) is 134 cm³/mol. The van der Waals surface area contributed by atoms with E-state index in [1.165, 1.54) is 31.3 Å². The highest BCUT2D eigenvalue weighted by molar-refractivity contribution is 7.92. The van der Waals surface area contributed by atoms with Gasteiger partial charge >= 0.3 is 6.09 Å². The Balaban J connectivity index is 1.56. The van der Waals surface area contributed by atoms with Crippen LogP contribution >= 0.6 is 0 Å². The number of nitrogens with one attached hydrogen (secondary N) is 2. The van der Waals surface area contributed by atoms with Crippen molar-refractivity contribution in [1.29, 1.82) is 0 Å².